The van der Waals surface area contributed by atoms with Gasteiger partial charge in [-0.3, -0.25) is 9.59 Å². The Morgan fingerprint density at radius 1 is 0.643 bits per heavy atom. The van der Waals surface area contributed by atoms with E-state index in [1.54, 1.807) is 0 Å². The summed E-state index contributed by atoms with van der Waals surface area (Å²) in [5.74, 6) is 1.64. The number of nitrogens with one attached hydrogen (secondary N) is 2. The van der Waals surface area contributed by atoms with Crippen molar-refractivity contribution in [2.75, 3.05) is 10.6 Å². The minimum Gasteiger partial charge on any atom is -0.326 e. The number of hydrogen-bond acceptors (Lipinski definition) is 2. The summed E-state index contributed by atoms with van der Waals surface area (Å²) in [5, 5.41) is 5.96. The molecule has 3 rings (SSSR count). The molecule has 0 unspecified atom stereocenters. The highest BCUT2D eigenvalue weighted by molar-refractivity contribution is 5.92. The first-order chi connectivity index (χ1) is 13.7. The summed E-state index contributed by atoms with van der Waals surface area (Å²) < 4.78 is 0. The number of amides is 2. The second kappa shape index (κ2) is 11.2. The molecule has 1 aromatic carbocycles. The lowest BCUT2D eigenvalue weighted by atomic mass is 9.86. The van der Waals surface area contributed by atoms with Crippen LogP contribution in [0.4, 0.5) is 11.4 Å². The van der Waals surface area contributed by atoms with Gasteiger partial charge in [0, 0.05) is 24.2 Å². The van der Waals surface area contributed by atoms with Crippen LogP contribution in [0.5, 0.6) is 0 Å². The van der Waals surface area contributed by atoms with Crippen LogP contribution in [0, 0.1) is 11.8 Å². The highest BCUT2D eigenvalue weighted by atomic mass is 16.2. The molecular formula is C24H36N2O2. The summed E-state index contributed by atoms with van der Waals surface area (Å²) in [5.41, 5.74) is 1.60. The Morgan fingerprint density at radius 2 is 1.00 bits per heavy atom. The van der Waals surface area contributed by atoms with Gasteiger partial charge >= 0.3 is 0 Å². The van der Waals surface area contributed by atoms with Gasteiger partial charge in [0.2, 0.25) is 11.8 Å². The maximum absolute atomic E-state index is 12.2. The monoisotopic (exact) mass is 384 g/mol. The zero-order valence-electron chi connectivity index (χ0n) is 17.2. The number of benzene rings is 1. The third kappa shape index (κ3) is 7.29. The Balaban J connectivity index is 1.35. The lowest BCUT2D eigenvalue weighted by molar-refractivity contribution is -0.117. The number of rotatable bonds is 8. The normalized spacial score (nSPS) is 18.6. The molecule has 1 aromatic rings. The quantitative estimate of drug-likeness (QED) is 0.554. The molecule has 28 heavy (non-hydrogen) atoms. The predicted octanol–water partition coefficient (Wildman–Crippen LogP) is 6.28. The summed E-state index contributed by atoms with van der Waals surface area (Å²) in [6.45, 7) is 0. The Kier molecular flexibility index (Phi) is 8.38. The average molecular weight is 385 g/mol. The molecule has 4 heteroatoms. The van der Waals surface area contributed by atoms with Gasteiger partial charge in [0.05, 0.1) is 0 Å². The molecule has 2 aliphatic rings. The van der Waals surface area contributed by atoms with Gasteiger partial charge < -0.3 is 10.6 Å². The fraction of sp³-hybridized carbons (Fsp3) is 0.667. The SMILES string of the molecule is O=C(CCC1CCCCC1)Nc1ccc(NC(=O)CCC2CCCCC2)cc1. The van der Waals surface area contributed by atoms with Crippen LogP contribution in [0.3, 0.4) is 0 Å². The van der Waals surface area contributed by atoms with Crippen LogP contribution < -0.4 is 10.6 Å². The van der Waals surface area contributed by atoms with Gasteiger partial charge in [-0.25, -0.2) is 0 Å². The van der Waals surface area contributed by atoms with E-state index in [-0.39, 0.29) is 11.8 Å². The Labute approximate surface area is 169 Å². The molecule has 154 valence electrons. The number of carbonyl (C=O) groups excluding carboxylic acids is 2. The van der Waals surface area contributed by atoms with E-state index in [0.29, 0.717) is 12.8 Å². The molecule has 0 bridgehead atoms. The second-order valence-electron chi connectivity index (χ2n) is 8.76. The van der Waals surface area contributed by atoms with E-state index in [1.807, 2.05) is 24.3 Å². The highest BCUT2D eigenvalue weighted by Crippen LogP contribution is 2.28. The molecule has 2 fully saturated rings. The number of anilines is 2. The van der Waals surface area contributed by atoms with Gasteiger partial charge in [0.15, 0.2) is 0 Å². The standard InChI is InChI=1S/C24H36N2O2/c27-23(17-11-19-7-3-1-4-8-19)25-21-13-15-22(16-14-21)26-24(28)18-12-20-9-5-2-6-10-20/h13-16,19-20H,1-12,17-18H2,(H,25,27)(H,26,28). The molecule has 2 aliphatic carbocycles. The topological polar surface area (TPSA) is 58.2 Å². The highest BCUT2D eigenvalue weighted by Gasteiger charge is 2.16. The van der Waals surface area contributed by atoms with Gasteiger partial charge in [-0.1, -0.05) is 64.2 Å². The molecule has 0 saturated heterocycles. The van der Waals surface area contributed by atoms with Crippen LogP contribution in [0.25, 0.3) is 0 Å². The molecule has 4 nitrogen and oxygen atoms in total. The predicted molar refractivity (Wildman–Crippen MR) is 115 cm³/mol. The first-order valence-corrected chi connectivity index (χ1v) is 11.4. The third-order valence-corrected chi connectivity index (χ3v) is 6.46. The average Bonchev–Trinajstić information content (AvgIpc) is 2.74. The van der Waals surface area contributed by atoms with E-state index in [4.69, 9.17) is 0 Å². The Hall–Kier alpha value is -1.84. The smallest absolute Gasteiger partial charge is 0.224 e. The molecule has 0 heterocycles. The molecule has 0 radical (unpaired) electrons. The first-order valence-electron chi connectivity index (χ1n) is 11.4. The van der Waals surface area contributed by atoms with Crippen molar-refractivity contribution in [3.63, 3.8) is 0 Å². The maximum Gasteiger partial charge on any atom is 0.224 e. The van der Waals surface area contributed by atoms with Crippen molar-refractivity contribution in [3.05, 3.63) is 24.3 Å². The van der Waals surface area contributed by atoms with Crippen molar-refractivity contribution in [3.8, 4) is 0 Å². The van der Waals surface area contributed by atoms with Crippen molar-refractivity contribution in [1.29, 1.82) is 0 Å². The van der Waals surface area contributed by atoms with E-state index in [9.17, 15) is 9.59 Å². The van der Waals surface area contributed by atoms with Crippen molar-refractivity contribution < 1.29 is 9.59 Å². The van der Waals surface area contributed by atoms with E-state index in [1.165, 1.54) is 64.2 Å². The van der Waals surface area contributed by atoms with Crippen LogP contribution >= 0.6 is 0 Å². The van der Waals surface area contributed by atoms with Crippen LogP contribution in [0.2, 0.25) is 0 Å². The fourth-order valence-corrected chi connectivity index (χ4v) is 4.71. The van der Waals surface area contributed by atoms with E-state index >= 15 is 0 Å². The largest absolute Gasteiger partial charge is 0.326 e. The van der Waals surface area contributed by atoms with Gasteiger partial charge in [0.1, 0.15) is 0 Å². The summed E-state index contributed by atoms with van der Waals surface area (Å²) in [6.07, 6.45) is 16.3. The van der Waals surface area contributed by atoms with Crippen molar-refractivity contribution in [2.24, 2.45) is 11.8 Å². The van der Waals surface area contributed by atoms with Gasteiger partial charge in [-0.05, 0) is 48.9 Å². The van der Waals surface area contributed by atoms with Crippen molar-refractivity contribution >= 4 is 23.2 Å². The Bertz CT molecular complexity index is 559. The lowest BCUT2D eigenvalue weighted by Gasteiger charge is -2.21. The lowest BCUT2D eigenvalue weighted by Crippen LogP contribution is -2.15. The van der Waals surface area contributed by atoms with Crippen LogP contribution in [-0.2, 0) is 9.59 Å². The summed E-state index contributed by atoms with van der Waals surface area (Å²) in [7, 11) is 0. The van der Waals surface area contributed by atoms with Crippen LogP contribution in [0.1, 0.15) is 89.9 Å². The van der Waals surface area contributed by atoms with Crippen LogP contribution in [-0.4, -0.2) is 11.8 Å². The van der Waals surface area contributed by atoms with Gasteiger partial charge in [0.25, 0.3) is 0 Å². The number of hydrogen-bond donors (Lipinski definition) is 2. The second-order valence-corrected chi connectivity index (χ2v) is 8.76. The maximum atomic E-state index is 12.2. The molecule has 0 aliphatic heterocycles. The molecule has 0 spiro atoms. The summed E-state index contributed by atoms with van der Waals surface area (Å²) in [4.78, 5) is 24.3. The summed E-state index contributed by atoms with van der Waals surface area (Å²) in [6, 6.07) is 7.48. The van der Waals surface area contributed by atoms with E-state index < -0.39 is 0 Å². The van der Waals surface area contributed by atoms with Gasteiger partial charge in [-0.15, -0.1) is 0 Å². The van der Waals surface area contributed by atoms with Crippen molar-refractivity contribution in [1.82, 2.24) is 0 Å². The Morgan fingerprint density at radius 3 is 1.36 bits per heavy atom. The minimum atomic E-state index is 0.0924. The molecule has 0 aromatic heterocycles. The molecule has 0 atom stereocenters. The summed E-state index contributed by atoms with van der Waals surface area (Å²) >= 11 is 0. The number of carbonyl (C=O) groups is 2. The van der Waals surface area contributed by atoms with Gasteiger partial charge in [-0.2, -0.15) is 0 Å². The minimum absolute atomic E-state index is 0.0924. The molecular weight excluding hydrogens is 348 g/mol. The molecule has 2 saturated carbocycles. The first kappa shape index (κ1) is 20.9. The van der Waals surface area contributed by atoms with E-state index in [0.717, 1.165) is 36.1 Å². The molecule has 2 N–H and O–H groups in total. The third-order valence-electron chi connectivity index (χ3n) is 6.46. The molecule has 2 amide bonds. The fourth-order valence-electron chi connectivity index (χ4n) is 4.71. The van der Waals surface area contributed by atoms with Crippen LogP contribution in [0.15, 0.2) is 24.3 Å². The zero-order valence-corrected chi connectivity index (χ0v) is 17.2. The van der Waals surface area contributed by atoms with E-state index in [2.05, 4.69) is 10.6 Å². The zero-order chi connectivity index (χ0) is 19.6. The van der Waals surface area contributed by atoms with Crippen molar-refractivity contribution in [2.45, 2.75) is 89.9 Å².